The van der Waals surface area contributed by atoms with Gasteiger partial charge in [0.25, 0.3) is 5.56 Å². The molecule has 0 atom stereocenters. The largest absolute Gasteiger partial charge is 0.497 e. The Morgan fingerprint density at radius 3 is 3.00 bits per heavy atom. The van der Waals surface area contributed by atoms with Gasteiger partial charge in [0, 0.05) is 4.88 Å². The number of ether oxygens (including phenoxy) is 1. The van der Waals surface area contributed by atoms with Crippen LogP contribution in [-0.4, -0.2) is 16.9 Å². The molecule has 2 aromatic heterocycles. The van der Waals surface area contributed by atoms with Gasteiger partial charge in [-0.3, -0.25) is 14.6 Å². The first kappa shape index (κ1) is 11.1. The molecular weight excluding hydrogens is 248 g/mol. The molecule has 18 heavy (non-hydrogen) atoms. The van der Waals surface area contributed by atoms with Crippen molar-refractivity contribution < 1.29 is 4.74 Å². The summed E-state index contributed by atoms with van der Waals surface area (Å²) in [5, 5.41) is 5.54. The molecule has 0 amide bonds. The summed E-state index contributed by atoms with van der Waals surface area (Å²) in [6.07, 6.45) is 0. The third-order valence-corrected chi connectivity index (χ3v) is 3.73. The number of nitrogens with zero attached hydrogens (tertiary/aromatic N) is 1. The minimum atomic E-state index is -0.0829. The first-order valence-corrected chi connectivity index (χ1v) is 6.45. The lowest BCUT2D eigenvalue weighted by atomic mass is 10.2. The van der Waals surface area contributed by atoms with Crippen molar-refractivity contribution in [1.29, 1.82) is 0 Å². The number of hydrogen-bond donors (Lipinski definition) is 1. The van der Waals surface area contributed by atoms with Crippen molar-refractivity contribution in [3.05, 3.63) is 50.9 Å². The van der Waals surface area contributed by atoms with Gasteiger partial charge in [-0.05, 0) is 29.6 Å². The molecule has 0 radical (unpaired) electrons. The topological polar surface area (TPSA) is 47.0 Å². The lowest BCUT2D eigenvalue weighted by Crippen LogP contribution is -2.05. The van der Waals surface area contributed by atoms with Gasteiger partial charge in [-0.25, -0.2) is 0 Å². The van der Waals surface area contributed by atoms with Crippen LogP contribution in [0.5, 0.6) is 5.75 Å². The highest BCUT2D eigenvalue weighted by Crippen LogP contribution is 2.19. The molecule has 3 rings (SSSR count). The Hall–Kier alpha value is -2.01. The van der Waals surface area contributed by atoms with E-state index in [2.05, 4.69) is 11.2 Å². The van der Waals surface area contributed by atoms with Gasteiger partial charge in [0.2, 0.25) is 0 Å². The standard InChI is InChI=1S/C13H12N2O2S/c1-17-9-4-5-12-11(7-9)13(16)14-15(12)8-10-3-2-6-18-10/h2-7H,8H2,1H3,(H,14,16). The van der Waals surface area contributed by atoms with E-state index in [1.807, 2.05) is 28.3 Å². The minimum Gasteiger partial charge on any atom is -0.497 e. The van der Waals surface area contributed by atoms with E-state index in [0.717, 1.165) is 5.52 Å². The molecule has 2 heterocycles. The SMILES string of the molecule is COc1ccc2c(c1)c(=O)[nH]n2Cc1cccs1. The van der Waals surface area contributed by atoms with Crippen LogP contribution in [0.3, 0.4) is 0 Å². The summed E-state index contributed by atoms with van der Waals surface area (Å²) in [4.78, 5) is 13.1. The average Bonchev–Trinajstić information content (AvgIpc) is 2.99. The fourth-order valence-corrected chi connectivity index (χ4v) is 2.68. The van der Waals surface area contributed by atoms with Gasteiger partial charge in [0.15, 0.2) is 0 Å². The Bertz CT molecular complexity index is 725. The summed E-state index contributed by atoms with van der Waals surface area (Å²) >= 11 is 1.68. The van der Waals surface area contributed by atoms with Crippen molar-refractivity contribution in [3.63, 3.8) is 0 Å². The number of methoxy groups -OCH3 is 1. The molecule has 0 aliphatic rings. The summed E-state index contributed by atoms with van der Waals surface area (Å²) in [6, 6.07) is 9.59. The first-order valence-electron chi connectivity index (χ1n) is 5.57. The molecule has 92 valence electrons. The van der Waals surface area contributed by atoms with E-state index >= 15 is 0 Å². The lowest BCUT2D eigenvalue weighted by molar-refractivity contribution is 0.415. The number of hydrogen-bond acceptors (Lipinski definition) is 3. The van der Waals surface area contributed by atoms with Crippen molar-refractivity contribution in [2.24, 2.45) is 0 Å². The molecule has 5 heteroatoms. The molecule has 0 aliphatic carbocycles. The highest BCUT2D eigenvalue weighted by atomic mass is 32.1. The number of aromatic amines is 1. The Kier molecular flexibility index (Phi) is 2.68. The predicted octanol–water partition coefficient (Wildman–Crippen LogP) is 2.45. The van der Waals surface area contributed by atoms with Crippen LogP contribution >= 0.6 is 11.3 Å². The molecule has 3 aromatic rings. The zero-order chi connectivity index (χ0) is 12.5. The van der Waals surface area contributed by atoms with Crippen LogP contribution in [0.15, 0.2) is 40.5 Å². The number of aromatic nitrogens is 2. The van der Waals surface area contributed by atoms with Gasteiger partial charge < -0.3 is 4.74 Å². The van der Waals surface area contributed by atoms with Gasteiger partial charge in [0.05, 0.1) is 24.6 Å². The maximum Gasteiger partial charge on any atom is 0.272 e. The Labute approximate surface area is 107 Å². The third kappa shape index (κ3) is 1.82. The number of benzene rings is 1. The summed E-state index contributed by atoms with van der Waals surface area (Å²) in [7, 11) is 1.60. The summed E-state index contributed by atoms with van der Waals surface area (Å²) in [6.45, 7) is 0.683. The molecule has 1 aromatic carbocycles. The maximum atomic E-state index is 11.9. The first-order chi connectivity index (χ1) is 8.78. The van der Waals surface area contributed by atoms with Gasteiger partial charge in [-0.15, -0.1) is 11.3 Å². The minimum absolute atomic E-state index is 0.0829. The molecule has 0 fully saturated rings. The van der Waals surface area contributed by atoms with Crippen LogP contribution in [0.4, 0.5) is 0 Å². The van der Waals surface area contributed by atoms with E-state index in [1.165, 1.54) is 4.88 Å². The molecule has 0 spiro atoms. The summed E-state index contributed by atoms with van der Waals surface area (Å²) in [5.41, 5.74) is 0.814. The normalized spacial score (nSPS) is 10.9. The van der Waals surface area contributed by atoms with Gasteiger partial charge in [-0.2, -0.15) is 0 Å². The van der Waals surface area contributed by atoms with Crippen LogP contribution in [0, 0.1) is 0 Å². The molecule has 0 unspecified atom stereocenters. The Morgan fingerprint density at radius 1 is 1.39 bits per heavy atom. The van der Waals surface area contributed by atoms with E-state index in [9.17, 15) is 4.79 Å². The van der Waals surface area contributed by atoms with Crippen molar-refractivity contribution in [1.82, 2.24) is 9.78 Å². The van der Waals surface area contributed by atoms with Crippen molar-refractivity contribution in [2.75, 3.05) is 7.11 Å². The van der Waals surface area contributed by atoms with Crippen molar-refractivity contribution in [2.45, 2.75) is 6.54 Å². The zero-order valence-corrected chi connectivity index (χ0v) is 10.7. The quantitative estimate of drug-likeness (QED) is 0.786. The van der Waals surface area contributed by atoms with Gasteiger partial charge in [-0.1, -0.05) is 6.07 Å². The van der Waals surface area contributed by atoms with Crippen LogP contribution < -0.4 is 10.3 Å². The fourth-order valence-electron chi connectivity index (χ4n) is 1.99. The number of thiophene rings is 1. The molecule has 0 saturated heterocycles. The highest BCUT2D eigenvalue weighted by molar-refractivity contribution is 7.09. The van der Waals surface area contributed by atoms with E-state index in [1.54, 1.807) is 24.5 Å². The van der Waals surface area contributed by atoms with Crippen LogP contribution in [0.25, 0.3) is 10.9 Å². The number of nitrogens with one attached hydrogen (secondary N) is 1. The van der Waals surface area contributed by atoms with Crippen molar-refractivity contribution in [3.8, 4) is 5.75 Å². The van der Waals surface area contributed by atoms with E-state index in [-0.39, 0.29) is 5.56 Å². The second-order valence-corrected chi connectivity index (χ2v) is 5.02. The zero-order valence-electron chi connectivity index (χ0n) is 9.84. The number of fused-ring (bicyclic) bond motifs is 1. The monoisotopic (exact) mass is 260 g/mol. The smallest absolute Gasteiger partial charge is 0.272 e. The number of H-pyrrole nitrogens is 1. The van der Waals surface area contributed by atoms with Gasteiger partial charge >= 0.3 is 0 Å². The Balaban J connectivity index is 2.11. The highest BCUT2D eigenvalue weighted by Gasteiger charge is 2.08. The van der Waals surface area contributed by atoms with E-state index < -0.39 is 0 Å². The molecule has 0 saturated carbocycles. The average molecular weight is 260 g/mol. The maximum absolute atomic E-state index is 11.9. The van der Waals surface area contributed by atoms with E-state index in [0.29, 0.717) is 17.7 Å². The van der Waals surface area contributed by atoms with Gasteiger partial charge in [0.1, 0.15) is 5.75 Å². The summed E-state index contributed by atoms with van der Waals surface area (Å²) in [5.74, 6) is 0.696. The van der Waals surface area contributed by atoms with Crippen molar-refractivity contribution >= 4 is 22.2 Å². The lowest BCUT2D eigenvalue weighted by Gasteiger charge is -2.03. The molecule has 0 aliphatic heterocycles. The fraction of sp³-hybridized carbons (Fsp3) is 0.154. The van der Waals surface area contributed by atoms with Crippen LogP contribution in [0.1, 0.15) is 4.88 Å². The second kappa shape index (κ2) is 4.34. The second-order valence-electron chi connectivity index (χ2n) is 3.99. The van der Waals surface area contributed by atoms with E-state index in [4.69, 9.17) is 4.74 Å². The summed E-state index contributed by atoms with van der Waals surface area (Å²) < 4.78 is 7.00. The van der Waals surface area contributed by atoms with Crippen LogP contribution in [0.2, 0.25) is 0 Å². The van der Waals surface area contributed by atoms with Crippen LogP contribution in [-0.2, 0) is 6.54 Å². The molecular formula is C13H12N2O2S. The molecule has 0 bridgehead atoms. The number of rotatable bonds is 3. The predicted molar refractivity (Wildman–Crippen MR) is 72.5 cm³/mol. The molecule has 1 N–H and O–H groups in total. The molecule has 4 nitrogen and oxygen atoms in total. The third-order valence-electron chi connectivity index (χ3n) is 2.87. The Morgan fingerprint density at radius 2 is 2.28 bits per heavy atom.